The third-order valence-electron chi connectivity index (χ3n) is 8.78. The molecule has 3 heterocycles. The van der Waals surface area contributed by atoms with Crippen molar-refractivity contribution in [2.75, 3.05) is 18.1 Å². The van der Waals surface area contributed by atoms with E-state index in [9.17, 15) is 15.2 Å². The van der Waals surface area contributed by atoms with Crippen molar-refractivity contribution in [1.82, 2.24) is 9.88 Å². The number of carbonyl (C=O) groups excluding carboxylic acids is 1. The van der Waals surface area contributed by atoms with Crippen LogP contribution in [0, 0.1) is 30.1 Å². The molecular formula is C29H34ClN5O2. The van der Waals surface area contributed by atoms with Crippen LogP contribution in [-0.4, -0.2) is 51.3 Å². The second kappa shape index (κ2) is 10.1. The average molecular weight is 520 g/mol. The van der Waals surface area contributed by atoms with Crippen LogP contribution in [-0.2, 0) is 0 Å². The number of aryl methyl sites for hydroxylation is 1. The molecule has 0 radical (unpaired) electrons. The topological polar surface area (TPSA) is 92.8 Å². The van der Waals surface area contributed by atoms with Gasteiger partial charge in [0.2, 0.25) is 0 Å². The van der Waals surface area contributed by atoms with Gasteiger partial charge in [-0.15, -0.1) is 0 Å². The number of carbonyl (C=O) groups is 1. The number of hydrazone groups is 1. The Bertz CT molecular complexity index is 1270. The number of hydrogen-bond donors (Lipinski definition) is 1. The molecule has 1 amide bonds. The number of nitrogens with zero attached hydrogens (tertiary/aromatic N) is 5. The molecule has 2 aromatic rings. The highest BCUT2D eigenvalue weighted by Gasteiger charge is 2.52. The second-order valence-electron chi connectivity index (χ2n) is 10.9. The average Bonchev–Trinajstić information content (AvgIpc) is 3.52. The van der Waals surface area contributed by atoms with Crippen LogP contribution in [0.2, 0.25) is 5.02 Å². The number of rotatable bonds is 4. The first-order valence-corrected chi connectivity index (χ1v) is 13.7. The molecule has 1 aromatic heterocycles. The molecule has 3 aliphatic rings. The number of nitriles is 1. The molecular weight excluding hydrogens is 486 g/mol. The van der Waals surface area contributed by atoms with Gasteiger partial charge in [0.25, 0.3) is 5.91 Å². The normalized spacial score (nSPS) is 24.9. The van der Waals surface area contributed by atoms with Gasteiger partial charge in [0.15, 0.2) is 0 Å². The molecule has 8 heteroatoms. The first kappa shape index (κ1) is 25.7. The molecule has 1 N–H and O–H groups in total. The fraction of sp³-hybridized carbons (Fsp3) is 0.517. The lowest BCUT2D eigenvalue weighted by Gasteiger charge is -2.43. The predicted octanol–water partition coefficient (Wildman–Crippen LogP) is 5.32. The van der Waals surface area contributed by atoms with E-state index in [2.05, 4.69) is 24.9 Å². The van der Waals surface area contributed by atoms with Crippen LogP contribution in [0.4, 0.5) is 5.69 Å². The highest BCUT2D eigenvalue weighted by atomic mass is 35.5. The summed E-state index contributed by atoms with van der Waals surface area (Å²) in [5, 5.41) is 26.9. The van der Waals surface area contributed by atoms with Crippen molar-refractivity contribution in [2.24, 2.45) is 16.9 Å². The van der Waals surface area contributed by atoms with Gasteiger partial charge in [-0.25, -0.2) is 4.98 Å². The number of halogens is 1. The van der Waals surface area contributed by atoms with Crippen molar-refractivity contribution in [1.29, 1.82) is 5.26 Å². The number of piperidine rings is 1. The number of aromatic nitrogens is 1. The van der Waals surface area contributed by atoms with Gasteiger partial charge in [-0.05, 0) is 75.8 Å². The van der Waals surface area contributed by atoms with Crippen molar-refractivity contribution in [3.63, 3.8) is 0 Å². The molecule has 1 aromatic carbocycles. The lowest BCUT2D eigenvalue weighted by molar-refractivity contribution is 0.0541. The Morgan fingerprint density at radius 2 is 1.86 bits per heavy atom. The summed E-state index contributed by atoms with van der Waals surface area (Å²) in [6, 6.07) is 11.5. The lowest BCUT2D eigenvalue weighted by atomic mass is 9.72. The minimum absolute atomic E-state index is 0.0902. The number of hydrogen-bond acceptors (Lipinski definition) is 6. The van der Waals surface area contributed by atoms with E-state index in [1.807, 2.05) is 25.1 Å². The van der Waals surface area contributed by atoms with Gasteiger partial charge in [0, 0.05) is 30.3 Å². The molecule has 1 saturated heterocycles. The van der Waals surface area contributed by atoms with E-state index in [1.165, 1.54) is 12.8 Å². The van der Waals surface area contributed by atoms with Gasteiger partial charge >= 0.3 is 0 Å². The van der Waals surface area contributed by atoms with Crippen molar-refractivity contribution in [3.05, 3.63) is 57.9 Å². The predicted molar refractivity (Wildman–Crippen MR) is 145 cm³/mol. The molecule has 2 unspecified atom stereocenters. The molecule has 7 nitrogen and oxygen atoms in total. The van der Waals surface area contributed by atoms with E-state index >= 15 is 0 Å². The summed E-state index contributed by atoms with van der Waals surface area (Å²) in [5.41, 5.74) is 4.20. The summed E-state index contributed by atoms with van der Waals surface area (Å²) >= 11 is 6.44. The third kappa shape index (κ3) is 4.51. The number of anilines is 1. The third-order valence-corrected chi connectivity index (χ3v) is 9.10. The maximum Gasteiger partial charge on any atom is 0.272 e. The Morgan fingerprint density at radius 3 is 2.49 bits per heavy atom. The van der Waals surface area contributed by atoms with Crippen molar-refractivity contribution in [3.8, 4) is 6.07 Å². The smallest absolute Gasteiger partial charge is 0.272 e. The molecule has 0 spiro atoms. The molecule has 5 rings (SSSR count). The molecule has 2 aliphatic heterocycles. The van der Waals surface area contributed by atoms with E-state index in [-0.39, 0.29) is 23.5 Å². The molecule has 1 saturated carbocycles. The van der Waals surface area contributed by atoms with E-state index in [0.29, 0.717) is 48.1 Å². The zero-order valence-electron chi connectivity index (χ0n) is 21.7. The number of likely N-dealkylation sites (tertiary alicyclic amines) is 1. The van der Waals surface area contributed by atoms with E-state index in [1.54, 1.807) is 17.0 Å². The Balaban J connectivity index is 1.50. The first-order valence-electron chi connectivity index (χ1n) is 13.3. The largest absolute Gasteiger partial charge is 0.393 e. The molecule has 2 atom stereocenters. The molecule has 2 fully saturated rings. The maximum atomic E-state index is 13.1. The second-order valence-corrected chi connectivity index (χ2v) is 11.3. The zero-order chi connectivity index (χ0) is 26.3. The summed E-state index contributed by atoms with van der Waals surface area (Å²) in [6.45, 7) is 7.57. The minimum atomic E-state index is -0.328. The van der Waals surface area contributed by atoms with Crippen LogP contribution in [0.25, 0.3) is 0 Å². The van der Waals surface area contributed by atoms with Gasteiger partial charge in [0.1, 0.15) is 11.8 Å². The number of aliphatic hydroxyl groups is 1. The van der Waals surface area contributed by atoms with Gasteiger partial charge in [-0.3, -0.25) is 9.80 Å². The summed E-state index contributed by atoms with van der Waals surface area (Å²) < 4.78 is 0. The summed E-state index contributed by atoms with van der Waals surface area (Å²) in [6.07, 6.45) is 5.62. The lowest BCUT2D eigenvalue weighted by Crippen LogP contribution is -2.51. The first-order chi connectivity index (χ1) is 17.7. The van der Waals surface area contributed by atoms with Crippen LogP contribution >= 0.6 is 11.6 Å². The Kier molecular flexibility index (Phi) is 6.99. The molecule has 0 bridgehead atoms. The van der Waals surface area contributed by atoms with Gasteiger partial charge < -0.3 is 10.0 Å². The zero-order valence-corrected chi connectivity index (χ0v) is 22.5. The van der Waals surface area contributed by atoms with E-state index in [0.717, 1.165) is 35.5 Å². The fourth-order valence-corrected chi connectivity index (χ4v) is 6.55. The van der Waals surface area contributed by atoms with Crippen molar-refractivity contribution >= 4 is 28.9 Å². The maximum absolute atomic E-state index is 13.1. The monoisotopic (exact) mass is 519 g/mol. The van der Waals surface area contributed by atoms with Crippen LogP contribution in [0.3, 0.4) is 0 Å². The molecule has 37 heavy (non-hydrogen) atoms. The Morgan fingerprint density at radius 1 is 1.16 bits per heavy atom. The van der Waals surface area contributed by atoms with Gasteiger partial charge in [-0.2, -0.15) is 10.4 Å². The van der Waals surface area contributed by atoms with Crippen LogP contribution in [0.5, 0.6) is 0 Å². The van der Waals surface area contributed by atoms with Crippen LogP contribution in [0.1, 0.15) is 79.7 Å². The van der Waals surface area contributed by atoms with E-state index in [4.69, 9.17) is 21.7 Å². The Hall–Kier alpha value is -2.95. The number of aliphatic hydroxyl groups excluding tert-OH is 1. The van der Waals surface area contributed by atoms with Gasteiger partial charge in [0.05, 0.1) is 33.6 Å². The minimum Gasteiger partial charge on any atom is -0.393 e. The standard InChI is InChI=1S/C29H34ClN5O2/c1-18-27(24-10-11-26(32-19(24)2)28(37)34-14-12-23(36)13-15-34)33-35(29(18,3)21-6-4-5-7-21)22-9-8-20(17-31)25(30)16-22/h8-11,16,18,21,23,36H,4-7,12-15H2,1-3H3. The van der Waals surface area contributed by atoms with Gasteiger partial charge in [-0.1, -0.05) is 31.4 Å². The number of pyridine rings is 1. The highest BCUT2D eigenvalue weighted by Crippen LogP contribution is 2.49. The van der Waals surface area contributed by atoms with Crippen LogP contribution in [0.15, 0.2) is 35.4 Å². The Labute approximate surface area is 223 Å². The molecule has 1 aliphatic carbocycles. The summed E-state index contributed by atoms with van der Waals surface area (Å²) in [7, 11) is 0. The fourth-order valence-electron chi connectivity index (χ4n) is 6.33. The number of amides is 1. The SMILES string of the molecule is Cc1nc(C(=O)N2CCC(O)CC2)ccc1C1=NN(c2ccc(C#N)c(Cl)c2)C(C)(C2CCCC2)C1C. The highest BCUT2D eigenvalue weighted by molar-refractivity contribution is 6.32. The van der Waals surface area contributed by atoms with Crippen molar-refractivity contribution in [2.45, 2.75) is 70.9 Å². The van der Waals surface area contributed by atoms with Crippen LogP contribution < -0.4 is 5.01 Å². The van der Waals surface area contributed by atoms with E-state index < -0.39 is 0 Å². The summed E-state index contributed by atoms with van der Waals surface area (Å²) in [4.78, 5) is 19.6. The quantitative estimate of drug-likeness (QED) is 0.590. The van der Waals surface area contributed by atoms with Crippen molar-refractivity contribution < 1.29 is 9.90 Å². The molecule has 194 valence electrons. The number of benzene rings is 1. The summed E-state index contributed by atoms with van der Waals surface area (Å²) in [5.74, 6) is 0.505.